The van der Waals surface area contributed by atoms with Crippen LogP contribution in [0.4, 0.5) is 5.69 Å². The molecule has 1 fully saturated rings. The van der Waals surface area contributed by atoms with Crippen LogP contribution in [0.15, 0.2) is 35.3 Å². The van der Waals surface area contributed by atoms with Crippen molar-refractivity contribution < 1.29 is 0 Å². The van der Waals surface area contributed by atoms with Gasteiger partial charge in [0.25, 0.3) is 0 Å². The maximum absolute atomic E-state index is 6.08. The molecule has 104 valence electrons. The maximum atomic E-state index is 6.08. The zero-order valence-electron chi connectivity index (χ0n) is 11.9. The van der Waals surface area contributed by atoms with Gasteiger partial charge in [0.2, 0.25) is 0 Å². The van der Waals surface area contributed by atoms with Gasteiger partial charge in [-0.2, -0.15) is 0 Å². The van der Waals surface area contributed by atoms with E-state index in [2.05, 4.69) is 28.6 Å². The molecule has 0 aromatic heterocycles. The molecule has 1 aliphatic rings. The Labute approximate surface area is 115 Å². The average Bonchev–Trinajstić information content (AvgIpc) is 2.40. The molecule has 0 radical (unpaired) electrons. The second-order valence-electron chi connectivity index (χ2n) is 5.49. The van der Waals surface area contributed by atoms with Gasteiger partial charge in [-0.05, 0) is 18.1 Å². The zero-order chi connectivity index (χ0) is 13.7. The van der Waals surface area contributed by atoms with E-state index in [1.54, 1.807) is 0 Å². The molecule has 0 amide bonds. The molecule has 0 aliphatic carbocycles. The number of guanidine groups is 1. The monoisotopic (exact) mass is 260 g/mol. The minimum absolute atomic E-state index is 0.635. The Morgan fingerprint density at radius 3 is 2.37 bits per heavy atom. The molecule has 1 aromatic carbocycles. The van der Waals surface area contributed by atoms with Crippen LogP contribution < -0.4 is 5.73 Å². The number of hydrogen-bond acceptors (Lipinski definition) is 2. The summed E-state index contributed by atoms with van der Waals surface area (Å²) in [5.74, 6) is 1.36. The molecule has 2 rings (SSSR count). The van der Waals surface area contributed by atoms with Crippen LogP contribution in [0.25, 0.3) is 0 Å². The number of rotatable bonds is 3. The van der Waals surface area contributed by atoms with Crippen molar-refractivity contribution in [1.82, 2.24) is 9.80 Å². The van der Waals surface area contributed by atoms with E-state index in [9.17, 15) is 0 Å². The van der Waals surface area contributed by atoms with Gasteiger partial charge in [-0.25, -0.2) is 4.99 Å². The number of benzene rings is 1. The van der Waals surface area contributed by atoms with Gasteiger partial charge in [-0.1, -0.05) is 32.0 Å². The van der Waals surface area contributed by atoms with Crippen LogP contribution in [0.3, 0.4) is 0 Å². The Hall–Kier alpha value is -1.55. The van der Waals surface area contributed by atoms with Crippen LogP contribution in [0, 0.1) is 5.92 Å². The molecular formula is C15H24N4. The molecule has 0 bridgehead atoms. The summed E-state index contributed by atoms with van der Waals surface area (Å²) in [5.41, 5.74) is 7.01. The SMILES string of the molecule is CC(C)CN1CCN(C(N)=Nc2ccccc2)CC1. The molecule has 0 unspecified atom stereocenters. The van der Waals surface area contributed by atoms with E-state index in [0.717, 1.165) is 37.8 Å². The molecule has 4 heteroatoms. The smallest absolute Gasteiger partial charge is 0.196 e. The quantitative estimate of drug-likeness (QED) is 0.667. The number of nitrogens with zero attached hydrogens (tertiary/aromatic N) is 3. The molecule has 2 N–H and O–H groups in total. The fraction of sp³-hybridized carbons (Fsp3) is 0.533. The largest absolute Gasteiger partial charge is 0.369 e. The summed E-state index contributed by atoms with van der Waals surface area (Å²) in [7, 11) is 0. The van der Waals surface area contributed by atoms with Crippen LogP contribution in [-0.2, 0) is 0 Å². The van der Waals surface area contributed by atoms with E-state index in [-0.39, 0.29) is 0 Å². The molecule has 0 atom stereocenters. The van der Waals surface area contributed by atoms with Crippen molar-refractivity contribution >= 4 is 11.6 Å². The topological polar surface area (TPSA) is 44.9 Å². The number of nitrogens with two attached hydrogens (primary N) is 1. The van der Waals surface area contributed by atoms with Crippen LogP contribution >= 0.6 is 0 Å². The Kier molecular flexibility index (Phi) is 4.80. The first-order chi connectivity index (χ1) is 9.15. The Balaban J connectivity index is 1.89. The summed E-state index contributed by atoms with van der Waals surface area (Å²) in [6.07, 6.45) is 0. The van der Waals surface area contributed by atoms with Crippen molar-refractivity contribution in [3.63, 3.8) is 0 Å². The number of hydrogen-bond donors (Lipinski definition) is 1. The highest BCUT2D eigenvalue weighted by atomic mass is 15.3. The second kappa shape index (κ2) is 6.57. The number of para-hydroxylation sites is 1. The van der Waals surface area contributed by atoms with Crippen LogP contribution in [-0.4, -0.2) is 48.5 Å². The number of piperazine rings is 1. The molecular weight excluding hydrogens is 236 g/mol. The van der Waals surface area contributed by atoms with Gasteiger partial charge in [0.05, 0.1) is 5.69 Å². The Morgan fingerprint density at radius 2 is 1.79 bits per heavy atom. The summed E-state index contributed by atoms with van der Waals surface area (Å²) >= 11 is 0. The van der Waals surface area contributed by atoms with Crippen LogP contribution in [0.1, 0.15) is 13.8 Å². The van der Waals surface area contributed by atoms with E-state index in [1.807, 2.05) is 30.3 Å². The molecule has 1 saturated heterocycles. The van der Waals surface area contributed by atoms with Gasteiger partial charge >= 0.3 is 0 Å². The van der Waals surface area contributed by atoms with Crippen molar-refractivity contribution in [3.8, 4) is 0 Å². The minimum atomic E-state index is 0.635. The fourth-order valence-electron chi connectivity index (χ4n) is 2.38. The van der Waals surface area contributed by atoms with Crippen LogP contribution in [0.5, 0.6) is 0 Å². The van der Waals surface area contributed by atoms with E-state index in [0.29, 0.717) is 5.96 Å². The van der Waals surface area contributed by atoms with Crippen LogP contribution in [0.2, 0.25) is 0 Å². The number of aliphatic imine (C=N–C) groups is 1. The van der Waals surface area contributed by atoms with Crippen molar-refractivity contribution in [1.29, 1.82) is 0 Å². The predicted octanol–water partition coefficient (Wildman–Crippen LogP) is 1.91. The highest BCUT2D eigenvalue weighted by Gasteiger charge is 2.18. The normalized spacial score (nSPS) is 18.1. The lowest BCUT2D eigenvalue weighted by Crippen LogP contribution is -2.51. The van der Waals surface area contributed by atoms with Crippen molar-refractivity contribution in [3.05, 3.63) is 30.3 Å². The fourth-order valence-corrected chi connectivity index (χ4v) is 2.38. The van der Waals surface area contributed by atoms with Gasteiger partial charge in [-0.3, -0.25) is 4.90 Å². The second-order valence-corrected chi connectivity index (χ2v) is 5.49. The third kappa shape index (κ3) is 4.24. The van der Waals surface area contributed by atoms with Gasteiger partial charge in [0.15, 0.2) is 5.96 Å². The molecule has 1 heterocycles. The molecule has 19 heavy (non-hydrogen) atoms. The lowest BCUT2D eigenvalue weighted by Gasteiger charge is -2.36. The van der Waals surface area contributed by atoms with Crippen molar-refractivity contribution in [2.45, 2.75) is 13.8 Å². The summed E-state index contributed by atoms with van der Waals surface area (Å²) in [5, 5.41) is 0. The Bertz CT molecular complexity index is 405. The van der Waals surface area contributed by atoms with E-state index < -0.39 is 0 Å². The van der Waals surface area contributed by atoms with Gasteiger partial charge in [-0.15, -0.1) is 0 Å². The third-order valence-corrected chi connectivity index (χ3v) is 3.32. The van der Waals surface area contributed by atoms with E-state index in [4.69, 9.17) is 5.73 Å². The molecule has 0 saturated carbocycles. The highest BCUT2D eigenvalue weighted by Crippen LogP contribution is 2.11. The van der Waals surface area contributed by atoms with Gasteiger partial charge in [0, 0.05) is 32.7 Å². The van der Waals surface area contributed by atoms with Crippen molar-refractivity contribution in [2.75, 3.05) is 32.7 Å². The first-order valence-electron chi connectivity index (χ1n) is 7.01. The summed E-state index contributed by atoms with van der Waals surface area (Å²) in [6, 6.07) is 9.89. The van der Waals surface area contributed by atoms with Gasteiger partial charge < -0.3 is 10.6 Å². The summed E-state index contributed by atoms with van der Waals surface area (Å²) in [6.45, 7) is 9.77. The maximum Gasteiger partial charge on any atom is 0.196 e. The highest BCUT2D eigenvalue weighted by molar-refractivity contribution is 5.81. The molecule has 4 nitrogen and oxygen atoms in total. The minimum Gasteiger partial charge on any atom is -0.369 e. The first kappa shape index (κ1) is 13.9. The third-order valence-electron chi connectivity index (χ3n) is 3.32. The van der Waals surface area contributed by atoms with E-state index >= 15 is 0 Å². The van der Waals surface area contributed by atoms with Gasteiger partial charge in [0.1, 0.15) is 0 Å². The Morgan fingerprint density at radius 1 is 1.16 bits per heavy atom. The lowest BCUT2D eigenvalue weighted by molar-refractivity contribution is 0.165. The lowest BCUT2D eigenvalue weighted by atomic mass is 10.2. The first-order valence-corrected chi connectivity index (χ1v) is 7.01. The summed E-state index contributed by atoms with van der Waals surface area (Å²) < 4.78 is 0. The van der Waals surface area contributed by atoms with E-state index in [1.165, 1.54) is 6.54 Å². The molecule has 1 aliphatic heterocycles. The average molecular weight is 260 g/mol. The standard InChI is InChI=1S/C15H24N4/c1-13(2)12-18-8-10-19(11-9-18)15(16)17-14-6-4-3-5-7-14/h3-7,13H,8-12H2,1-2H3,(H2,16,17). The zero-order valence-corrected chi connectivity index (χ0v) is 11.9. The summed E-state index contributed by atoms with van der Waals surface area (Å²) in [4.78, 5) is 9.14. The predicted molar refractivity (Wildman–Crippen MR) is 80.6 cm³/mol. The van der Waals surface area contributed by atoms with Crippen molar-refractivity contribution in [2.24, 2.45) is 16.6 Å². The molecule has 0 spiro atoms. The molecule has 1 aromatic rings.